The van der Waals surface area contributed by atoms with Crippen LogP contribution in [0, 0.1) is 5.41 Å². The highest BCUT2D eigenvalue weighted by Crippen LogP contribution is 2.42. The Morgan fingerprint density at radius 2 is 2.00 bits per heavy atom. The molecule has 2 nitrogen and oxygen atoms in total. The number of alkyl halides is 3. The Balaban J connectivity index is 3.19. The van der Waals surface area contributed by atoms with E-state index in [2.05, 4.69) is 5.16 Å². The molecule has 1 atom stereocenters. The maximum atomic E-state index is 12.7. The van der Waals surface area contributed by atoms with Gasteiger partial charge in [-0.05, 0) is 27.2 Å². The Bertz CT molecular complexity index is 379. The Labute approximate surface area is 92.1 Å². The highest BCUT2D eigenvalue weighted by atomic mass is 19.4. The van der Waals surface area contributed by atoms with Crippen molar-refractivity contribution >= 4 is 5.71 Å². The molecule has 0 fully saturated rings. The van der Waals surface area contributed by atoms with E-state index in [1.54, 1.807) is 19.1 Å². The smallest absolute Gasteiger partial charge is 0.411 e. The van der Waals surface area contributed by atoms with E-state index >= 15 is 0 Å². The summed E-state index contributed by atoms with van der Waals surface area (Å²) < 4.78 is 38.0. The zero-order valence-electron chi connectivity index (χ0n) is 9.39. The molecule has 1 N–H and O–H groups in total. The molecule has 1 aliphatic rings. The van der Waals surface area contributed by atoms with Crippen LogP contribution in [0.3, 0.4) is 0 Å². The molecular formula is C11H14F3NO. The van der Waals surface area contributed by atoms with E-state index < -0.39 is 17.3 Å². The molecule has 0 aromatic carbocycles. The Kier molecular flexibility index (Phi) is 3.17. The highest BCUT2D eigenvalue weighted by Gasteiger charge is 2.49. The molecule has 0 heterocycles. The summed E-state index contributed by atoms with van der Waals surface area (Å²) in [5.41, 5.74) is -0.934. The van der Waals surface area contributed by atoms with Crippen LogP contribution >= 0.6 is 0 Å². The zero-order chi connectivity index (χ0) is 12.6. The van der Waals surface area contributed by atoms with Crippen LogP contribution in [0.15, 0.2) is 28.5 Å². The van der Waals surface area contributed by atoms with E-state index in [1.165, 1.54) is 6.92 Å². The molecule has 0 saturated carbocycles. The lowest BCUT2D eigenvalue weighted by Crippen LogP contribution is -2.40. The van der Waals surface area contributed by atoms with Gasteiger partial charge in [0.1, 0.15) is 0 Å². The van der Waals surface area contributed by atoms with Crippen molar-refractivity contribution in [2.75, 3.05) is 0 Å². The van der Waals surface area contributed by atoms with Crippen LogP contribution < -0.4 is 0 Å². The van der Waals surface area contributed by atoms with Crippen molar-refractivity contribution in [3.8, 4) is 0 Å². The molecule has 0 radical (unpaired) electrons. The van der Waals surface area contributed by atoms with Gasteiger partial charge >= 0.3 is 6.18 Å². The quantitative estimate of drug-likeness (QED) is 0.418. The van der Waals surface area contributed by atoms with Crippen LogP contribution in [0.25, 0.3) is 0 Å². The fourth-order valence-electron chi connectivity index (χ4n) is 1.85. The SMILES string of the molecule is CC1=CCC(C)(C(=NO)C(F)(F)F)C(C)=C1. The first kappa shape index (κ1) is 12.8. The van der Waals surface area contributed by atoms with Crippen molar-refractivity contribution in [3.63, 3.8) is 0 Å². The second-order valence-corrected chi connectivity index (χ2v) is 4.26. The first-order valence-electron chi connectivity index (χ1n) is 4.87. The molecule has 0 aromatic heterocycles. The summed E-state index contributed by atoms with van der Waals surface area (Å²) in [4.78, 5) is 0. The molecule has 90 valence electrons. The number of allylic oxidation sites excluding steroid dienone is 4. The second kappa shape index (κ2) is 3.96. The zero-order valence-corrected chi connectivity index (χ0v) is 9.39. The minimum atomic E-state index is -4.61. The van der Waals surface area contributed by atoms with Gasteiger partial charge in [-0.2, -0.15) is 13.2 Å². The van der Waals surface area contributed by atoms with Gasteiger partial charge in [-0.15, -0.1) is 0 Å². The van der Waals surface area contributed by atoms with Crippen LogP contribution in [-0.2, 0) is 0 Å². The largest absolute Gasteiger partial charge is 0.433 e. The van der Waals surface area contributed by atoms with Gasteiger partial charge in [-0.3, -0.25) is 0 Å². The van der Waals surface area contributed by atoms with Crippen molar-refractivity contribution in [1.29, 1.82) is 0 Å². The van der Waals surface area contributed by atoms with Gasteiger partial charge < -0.3 is 5.21 Å². The molecule has 1 unspecified atom stereocenters. The van der Waals surface area contributed by atoms with Crippen LogP contribution in [0.5, 0.6) is 0 Å². The fraction of sp³-hybridized carbons (Fsp3) is 0.545. The predicted octanol–water partition coefficient (Wildman–Crippen LogP) is 3.68. The third-order valence-corrected chi connectivity index (χ3v) is 3.04. The number of oxime groups is 1. The highest BCUT2D eigenvalue weighted by molar-refractivity contribution is 5.97. The maximum Gasteiger partial charge on any atom is 0.433 e. The van der Waals surface area contributed by atoms with E-state index in [-0.39, 0.29) is 6.42 Å². The Morgan fingerprint density at radius 1 is 1.44 bits per heavy atom. The molecule has 1 aliphatic carbocycles. The molecule has 5 heteroatoms. The minimum Gasteiger partial charge on any atom is -0.411 e. The lowest BCUT2D eigenvalue weighted by Gasteiger charge is -2.33. The minimum absolute atomic E-state index is 0.195. The number of hydrogen-bond acceptors (Lipinski definition) is 2. The van der Waals surface area contributed by atoms with Gasteiger partial charge in [0.25, 0.3) is 0 Å². The number of halogens is 3. The van der Waals surface area contributed by atoms with Crippen molar-refractivity contribution in [2.24, 2.45) is 10.6 Å². The van der Waals surface area contributed by atoms with Crippen LogP contribution in [-0.4, -0.2) is 17.1 Å². The van der Waals surface area contributed by atoms with Crippen molar-refractivity contribution in [3.05, 3.63) is 23.3 Å². The van der Waals surface area contributed by atoms with E-state index in [1.807, 2.05) is 6.92 Å². The van der Waals surface area contributed by atoms with Crippen molar-refractivity contribution < 1.29 is 18.4 Å². The van der Waals surface area contributed by atoms with Crippen LogP contribution in [0.1, 0.15) is 27.2 Å². The average Bonchev–Trinajstić information content (AvgIpc) is 2.11. The van der Waals surface area contributed by atoms with Crippen LogP contribution in [0.2, 0.25) is 0 Å². The van der Waals surface area contributed by atoms with Gasteiger partial charge in [0, 0.05) is 5.41 Å². The molecule has 0 amide bonds. The van der Waals surface area contributed by atoms with Gasteiger partial charge in [-0.25, -0.2) is 0 Å². The third kappa shape index (κ3) is 2.13. The van der Waals surface area contributed by atoms with Gasteiger partial charge in [-0.1, -0.05) is 28.5 Å². The fourth-order valence-corrected chi connectivity index (χ4v) is 1.85. The number of hydrogen-bond donors (Lipinski definition) is 1. The topological polar surface area (TPSA) is 32.6 Å². The van der Waals surface area contributed by atoms with Crippen molar-refractivity contribution in [1.82, 2.24) is 0 Å². The Hall–Kier alpha value is -1.26. The normalized spacial score (nSPS) is 27.5. The van der Waals surface area contributed by atoms with Gasteiger partial charge in [0.15, 0.2) is 5.71 Å². The van der Waals surface area contributed by atoms with Crippen LogP contribution in [0.4, 0.5) is 13.2 Å². The predicted molar refractivity (Wildman–Crippen MR) is 55.5 cm³/mol. The van der Waals surface area contributed by atoms with Gasteiger partial charge in [0.05, 0.1) is 0 Å². The molecule has 0 aromatic rings. The molecule has 1 rings (SSSR count). The summed E-state index contributed by atoms with van der Waals surface area (Å²) in [5.74, 6) is 0. The first-order valence-corrected chi connectivity index (χ1v) is 4.87. The molecule has 0 bridgehead atoms. The summed E-state index contributed by atoms with van der Waals surface area (Å²) in [6, 6.07) is 0. The van der Waals surface area contributed by atoms with E-state index in [0.29, 0.717) is 5.57 Å². The molecule has 16 heavy (non-hydrogen) atoms. The molecule has 0 spiro atoms. The molecule has 0 aliphatic heterocycles. The first-order chi connectivity index (χ1) is 7.21. The Morgan fingerprint density at radius 3 is 2.38 bits per heavy atom. The van der Waals surface area contributed by atoms with E-state index in [9.17, 15) is 13.2 Å². The summed E-state index contributed by atoms with van der Waals surface area (Å²) in [5, 5.41) is 11.0. The standard InChI is InChI=1S/C11H14F3NO/c1-7-4-5-10(3,8(2)6-7)9(15-16)11(12,13)14/h4,6,16H,5H2,1-3H3. The van der Waals surface area contributed by atoms with Gasteiger partial charge in [0.2, 0.25) is 0 Å². The number of rotatable bonds is 1. The number of nitrogens with zero attached hydrogens (tertiary/aromatic N) is 1. The summed E-state index contributed by atoms with van der Waals surface area (Å²) in [6.45, 7) is 4.88. The summed E-state index contributed by atoms with van der Waals surface area (Å²) in [7, 11) is 0. The maximum absolute atomic E-state index is 12.7. The summed E-state index contributed by atoms with van der Waals surface area (Å²) in [6.07, 6.45) is -1.03. The van der Waals surface area contributed by atoms with E-state index in [4.69, 9.17) is 5.21 Å². The second-order valence-electron chi connectivity index (χ2n) is 4.26. The molecular weight excluding hydrogens is 219 g/mol. The van der Waals surface area contributed by atoms with E-state index in [0.717, 1.165) is 5.57 Å². The third-order valence-electron chi connectivity index (χ3n) is 3.04. The average molecular weight is 233 g/mol. The monoisotopic (exact) mass is 233 g/mol. The van der Waals surface area contributed by atoms with Crippen molar-refractivity contribution in [2.45, 2.75) is 33.4 Å². The lowest BCUT2D eigenvalue weighted by atomic mass is 9.72. The summed E-state index contributed by atoms with van der Waals surface area (Å²) >= 11 is 0. The lowest BCUT2D eigenvalue weighted by molar-refractivity contribution is -0.0675. The molecule has 0 saturated heterocycles.